The van der Waals surface area contributed by atoms with Crippen LogP contribution in [0, 0.1) is 12.3 Å². The minimum atomic E-state index is 0.385. The Morgan fingerprint density at radius 2 is 2.43 bits per heavy atom. The smallest absolute Gasteiger partial charge is 0.127 e. The summed E-state index contributed by atoms with van der Waals surface area (Å²) in [6.07, 6.45) is 6.80. The number of hydrogen-bond acceptors (Lipinski definition) is 2. The van der Waals surface area contributed by atoms with E-state index in [2.05, 4.69) is 26.8 Å². The minimum Gasteiger partial charge on any atom is -0.496 e. The molecule has 0 heterocycles. The van der Waals surface area contributed by atoms with Gasteiger partial charge >= 0.3 is 0 Å². The van der Waals surface area contributed by atoms with E-state index in [1.165, 1.54) is 0 Å². The summed E-state index contributed by atoms with van der Waals surface area (Å²) >= 11 is 3.38. The van der Waals surface area contributed by atoms with Crippen LogP contribution in [-0.2, 0) is 0 Å². The standard InChI is InChI=1S/C11H10BrNO/c1-3-6-13-8-9-7-10(12)4-5-11(9)14-2/h1,4-5,7-8H,6H2,2H3. The number of methoxy groups -OCH3 is 1. The van der Waals surface area contributed by atoms with Crippen molar-refractivity contribution in [3.8, 4) is 18.1 Å². The van der Waals surface area contributed by atoms with Crippen LogP contribution >= 0.6 is 15.9 Å². The molecule has 0 aliphatic heterocycles. The van der Waals surface area contributed by atoms with Gasteiger partial charge in [-0.1, -0.05) is 21.9 Å². The lowest BCUT2D eigenvalue weighted by molar-refractivity contribution is 0.414. The van der Waals surface area contributed by atoms with Crippen molar-refractivity contribution < 1.29 is 4.74 Å². The number of nitrogens with zero attached hydrogens (tertiary/aromatic N) is 1. The number of halogens is 1. The molecule has 0 saturated heterocycles. The van der Waals surface area contributed by atoms with Crippen LogP contribution in [0.15, 0.2) is 27.7 Å². The molecule has 0 radical (unpaired) electrons. The average Bonchev–Trinajstić information content (AvgIpc) is 2.19. The first-order chi connectivity index (χ1) is 6.77. The van der Waals surface area contributed by atoms with Gasteiger partial charge in [-0.05, 0) is 18.2 Å². The van der Waals surface area contributed by atoms with Crippen LogP contribution in [0.2, 0.25) is 0 Å². The van der Waals surface area contributed by atoms with Gasteiger partial charge in [0.2, 0.25) is 0 Å². The van der Waals surface area contributed by atoms with E-state index in [0.29, 0.717) is 6.54 Å². The molecule has 0 aliphatic carbocycles. The van der Waals surface area contributed by atoms with Crippen LogP contribution in [0.25, 0.3) is 0 Å². The summed E-state index contributed by atoms with van der Waals surface area (Å²) in [6, 6.07) is 5.72. The van der Waals surface area contributed by atoms with Crippen molar-refractivity contribution in [2.24, 2.45) is 4.99 Å². The maximum Gasteiger partial charge on any atom is 0.127 e. The molecule has 1 aromatic carbocycles. The molecular formula is C11H10BrNO. The molecular weight excluding hydrogens is 242 g/mol. The average molecular weight is 252 g/mol. The van der Waals surface area contributed by atoms with E-state index in [0.717, 1.165) is 15.8 Å². The van der Waals surface area contributed by atoms with Gasteiger partial charge in [0.1, 0.15) is 5.75 Å². The number of rotatable bonds is 3. The summed E-state index contributed by atoms with van der Waals surface area (Å²) in [6.45, 7) is 0.385. The maximum absolute atomic E-state index is 5.17. The number of hydrogen-bond donors (Lipinski definition) is 0. The first-order valence-corrected chi connectivity index (χ1v) is 4.84. The van der Waals surface area contributed by atoms with Gasteiger partial charge in [0, 0.05) is 16.3 Å². The lowest BCUT2D eigenvalue weighted by atomic mass is 10.2. The SMILES string of the molecule is C#CCN=Cc1cc(Br)ccc1OC. The fraction of sp³-hybridized carbons (Fsp3) is 0.182. The summed E-state index contributed by atoms with van der Waals surface area (Å²) in [5.41, 5.74) is 0.914. The first kappa shape index (κ1) is 10.8. The third-order valence-electron chi connectivity index (χ3n) is 1.60. The van der Waals surface area contributed by atoms with Gasteiger partial charge in [-0.2, -0.15) is 0 Å². The molecule has 0 atom stereocenters. The second-order valence-corrected chi connectivity index (χ2v) is 3.48. The molecule has 14 heavy (non-hydrogen) atoms. The molecule has 0 saturated carbocycles. The Hall–Kier alpha value is -1.27. The maximum atomic E-state index is 5.17. The Morgan fingerprint density at radius 1 is 1.64 bits per heavy atom. The molecule has 0 bridgehead atoms. The van der Waals surface area contributed by atoms with Crippen molar-refractivity contribution >= 4 is 22.1 Å². The predicted molar refractivity (Wildman–Crippen MR) is 62.0 cm³/mol. The summed E-state index contributed by atoms with van der Waals surface area (Å²) in [7, 11) is 1.63. The van der Waals surface area contributed by atoms with Crippen molar-refractivity contribution in [3.05, 3.63) is 28.2 Å². The van der Waals surface area contributed by atoms with Crippen LogP contribution in [-0.4, -0.2) is 19.9 Å². The zero-order valence-electron chi connectivity index (χ0n) is 7.83. The molecule has 1 aromatic rings. The Morgan fingerprint density at radius 3 is 3.07 bits per heavy atom. The van der Waals surface area contributed by atoms with E-state index in [1.54, 1.807) is 13.3 Å². The van der Waals surface area contributed by atoms with Gasteiger partial charge in [-0.25, -0.2) is 0 Å². The van der Waals surface area contributed by atoms with E-state index in [-0.39, 0.29) is 0 Å². The zero-order chi connectivity index (χ0) is 10.4. The van der Waals surface area contributed by atoms with Crippen molar-refractivity contribution in [1.82, 2.24) is 0 Å². The quantitative estimate of drug-likeness (QED) is 0.598. The predicted octanol–water partition coefficient (Wildman–Crippen LogP) is 2.51. The van der Waals surface area contributed by atoms with Crippen LogP contribution in [0.4, 0.5) is 0 Å². The van der Waals surface area contributed by atoms with Gasteiger partial charge in [0.15, 0.2) is 0 Å². The van der Waals surface area contributed by atoms with Gasteiger partial charge in [0.05, 0.1) is 13.7 Å². The lowest BCUT2D eigenvalue weighted by Crippen LogP contribution is -1.91. The van der Waals surface area contributed by atoms with E-state index in [1.807, 2.05) is 18.2 Å². The molecule has 0 unspecified atom stereocenters. The van der Waals surface area contributed by atoms with Gasteiger partial charge < -0.3 is 4.74 Å². The van der Waals surface area contributed by atoms with Gasteiger partial charge in [-0.15, -0.1) is 6.42 Å². The second kappa shape index (κ2) is 5.46. The van der Waals surface area contributed by atoms with E-state index >= 15 is 0 Å². The molecule has 0 aromatic heterocycles. The number of benzene rings is 1. The van der Waals surface area contributed by atoms with Crippen LogP contribution in [0.1, 0.15) is 5.56 Å². The first-order valence-electron chi connectivity index (χ1n) is 4.04. The van der Waals surface area contributed by atoms with Crippen LogP contribution < -0.4 is 4.74 Å². The van der Waals surface area contributed by atoms with E-state index < -0.39 is 0 Å². The Bertz CT molecular complexity index is 379. The highest BCUT2D eigenvalue weighted by molar-refractivity contribution is 9.10. The van der Waals surface area contributed by atoms with Crippen molar-refractivity contribution in [2.75, 3.05) is 13.7 Å². The molecule has 72 valence electrons. The summed E-state index contributed by atoms with van der Waals surface area (Å²) < 4.78 is 6.15. The molecule has 0 N–H and O–H groups in total. The van der Waals surface area contributed by atoms with Crippen molar-refractivity contribution in [2.45, 2.75) is 0 Å². The molecule has 3 heteroatoms. The molecule has 2 nitrogen and oxygen atoms in total. The number of aliphatic imine (C=N–C) groups is 1. The molecule has 1 rings (SSSR count). The van der Waals surface area contributed by atoms with Gasteiger partial charge in [0.25, 0.3) is 0 Å². The summed E-state index contributed by atoms with van der Waals surface area (Å²) in [5, 5.41) is 0. The third-order valence-corrected chi connectivity index (χ3v) is 2.10. The summed E-state index contributed by atoms with van der Waals surface area (Å²) in [4.78, 5) is 4.05. The fourth-order valence-electron chi connectivity index (χ4n) is 1.00. The van der Waals surface area contributed by atoms with E-state index in [9.17, 15) is 0 Å². The van der Waals surface area contributed by atoms with Crippen LogP contribution in [0.5, 0.6) is 5.75 Å². The monoisotopic (exact) mass is 251 g/mol. The number of ether oxygens (including phenoxy) is 1. The molecule has 0 fully saturated rings. The highest BCUT2D eigenvalue weighted by Crippen LogP contribution is 2.21. The highest BCUT2D eigenvalue weighted by Gasteiger charge is 1.99. The Balaban J connectivity index is 2.94. The van der Waals surface area contributed by atoms with Crippen molar-refractivity contribution in [1.29, 1.82) is 0 Å². The number of terminal acetylenes is 1. The lowest BCUT2D eigenvalue weighted by Gasteiger charge is -2.03. The second-order valence-electron chi connectivity index (χ2n) is 2.56. The topological polar surface area (TPSA) is 21.6 Å². The highest BCUT2D eigenvalue weighted by atomic mass is 79.9. The summed E-state index contributed by atoms with van der Waals surface area (Å²) in [5.74, 6) is 3.23. The van der Waals surface area contributed by atoms with E-state index in [4.69, 9.17) is 11.2 Å². The van der Waals surface area contributed by atoms with Gasteiger partial charge in [-0.3, -0.25) is 4.99 Å². The van der Waals surface area contributed by atoms with Crippen molar-refractivity contribution in [3.63, 3.8) is 0 Å². The molecule has 0 amide bonds. The normalized spacial score (nSPS) is 10.1. The Kier molecular flexibility index (Phi) is 4.21. The Labute approximate surface area is 92.1 Å². The molecule has 0 spiro atoms. The van der Waals surface area contributed by atoms with Crippen LogP contribution in [0.3, 0.4) is 0 Å². The fourth-order valence-corrected chi connectivity index (χ4v) is 1.38. The zero-order valence-corrected chi connectivity index (χ0v) is 9.41. The third kappa shape index (κ3) is 2.90. The largest absolute Gasteiger partial charge is 0.496 e. The molecule has 0 aliphatic rings. The minimum absolute atomic E-state index is 0.385.